The molecule has 0 bridgehead atoms. The molecule has 1 heterocycles. The third-order valence-electron chi connectivity index (χ3n) is 3.96. The summed E-state index contributed by atoms with van der Waals surface area (Å²) >= 11 is 0. The van der Waals surface area contributed by atoms with E-state index in [1.165, 1.54) is 0 Å². The highest BCUT2D eigenvalue weighted by atomic mass is 32.2. The lowest BCUT2D eigenvalue weighted by atomic mass is 10.1. The van der Waals surface area contributed by atoms with Gasteiger partial charge in [-0.1, -0.05) is 13.0 Å². The van der Waals surface area contributed by atoms with Gasteiger partial charge in [0, 0.05) is 12.6 Å². The molecular weight excluding hydrogens is 284 g/mol. The second-order valence-electron chi connectivity index (χ2n) is 5.92. The topological polar surface area (TPSA) is 49.4 Å². The summed E-state index contributed by atoms with van der Waals surface area (Å²) in [5, 5.41) is 3.30. The molecule has 1 aromatic rings. The van der Waals surface area contributed by atoms with E-state index in [1.54, 1.807) is 16.4 Å². The van der Waals surface area contributed by atoms with Crippen molar-refractivity contribution in [2.75, 3.05) is 19.6 Å². The summed E-state index contributed by atoms with van der Waals surface area (Å²) in [6.45, 7) is 8.31. The standard InChI is InChI=1S/C16H26N2O2S/c1-4-9-18(15-5-7-17-8-6-15)21(19,20)16-11-13(2)10-14(3)12-16/h10-12,15,17H,4-9H2,1-3H3. The van der Waals surface area contributed by atoms with Crippen LogP contribution in [0.25, 0.3) is 0 Å². The van der Waals surface area contributed by atoms with Gasteiger partial charge in [-0.2, -0.15) is 4.31 Å². The van der Waals surface area contributed by atoms with Crippen LogP contribution in [0.1, 0.15) is 37.3 Å². The first kappa shape index (κ1) is 16.5. The van der Waals surface area contributed by atoms with Gasteiger partial charge >= 0.3 is 0 Å². The van der Waals surface area contributed by atoms with Crippen molar-refractivity contribution in [1.82, 2.24) is 9.62 Å². The number of nitrogens with one attached hydrogen (secondary N) is 1. The van der Waals surface area contributed by atoms with E-state index < -0.39 is 10.0 Å². The average Bonchev–Trinajstić information content (AvgIpc) is 2.44. The predicted molar refractivity (Wildman–Crippen MR) is 86.0 cm³/mol. The van der Waals surface area contributed by atoms with Crippen molar-refractivity contribution in [2.45, 2.75) is 51.0 Å². The molecule has 1 aliphatic rings. The first-order valence-electron chi connectivity index (χ1n) is 7.76. The highest BCUT2D eigenvalue weighted by Crippen LogP contribution is 2.24. The molecule has 0 saturated carbocycles. The third kappa shape index (κ3) is 3.84. The SMILES string of the molecule is CCCN(C1CCNCC1)S(=O)(=O)c1cc(C)cc(C)c1. The van der Waals surface area contributed by atoms with Gasteiger partial charge in [0.2, 0.25) is 10.0 Å². The van der Waals surface area contributed by atoms with E-state index in [0.29, 0.717) is 11.4 Å². The molecule has 118 valence electrons. The number of aryl methyl sites for hydroxylation is 2. The van der Waals surface area contributed by atoms with Crippen molar-refractivity contribution in [3.63, 3.8) is 0 Å². The molecule has 0 unspecified atom stereocenters. The molecule has 0 amide bonds. The van der Waals surface area contributed by atoms with Gasteiger partial charge < -0.3 is 5.32 Å². The van der Waals surface area contributed by atoms with Crippen molar-refractivity contribution in [2.24, 2.45) is 0 Å². The molecule has 1 fully saturated rings. The van der Waals surface area contributed by atoms with Gasteiger partial charge in [-0.15, -0.1) is 0 Å². The summed E-state index contributed by atoms with van der Waals surface area (Å²) in [4.78, 5) is 0.437. The van der Waals surface area contributed by atoms with Gasteiger partial charge in [0.15, 0.2) is 0 Å². The van der Waals surface area contributed by atoms with Crippen LogP contribution in [-0.2, 0) is 10.0 Å². The Labute approximate surface area is 128 Å². The Morgan fingerprint density at radius 2 is 1.71 bits per heavy atom. The number of sulfonamides is 1. The van der Waals surface area contributed by atoms with Gasteiger partial charge in [0.05, 0.1) is 4.90 Å². The predicted octanol–water partition coefficient (Wildman–Crippen LogP) is 2.46. The fourth-order valence-electron chi connectivity index (χ4n) is 3.03. The summed E-state index contributed by atoms with van der Waals surface area (Å²) in [5.41, 5.74) is 1.99. The average molecular weight is 310 g/mol. The first-order chi connectivity index (χ1) is 9.95. The van der Waals surface area contributed by atoms with E-state index in [4.69, 9.17) is 0 Å². The molecule has 0 atom stereocenters. The van der Waals surface area contributed by atoms with Crippen LogP contribution in [0.4, 0.5) is 0 Å². The molecule has 1 aliphatic heterocycles. The highest BCUT2D eigenvalue weighted by molar-refractivity contribution is 7.89. The molecule has 0 radical (unpaired) electrons. The minimum atomic E-state index is -3.40. The molecule has 5 heteroatoms. The second-order valence-corrected chi connectivity index (χ2v) is 7.81. The summed E-state index contributed by atoms with van der Waals surface area (Å²) in [6.07, 6.45) is 2.63. The van der Waals surface area contributed by atoms with Gasteiger partial charge in [-0.05, 0) is 69.5 Å². The van der Waals surface area contributed by atoms with Crippen LogP contribution < -0.4 is 5.32 Å². The zero-order chi connectivity index (χ0) is 15.5. The number of hydrogen-bond acceptors (Lipinski definition) is 3. The molecule has 4 nitrogen and oxygen atoms in total. The molecule has 2 rings (SSSR count). The van der Waals surface area contributed by atoms with Crippen molar-refractivity contribution in [3.05, 3.63) is 29.3 Å². The van der Waals surface area contributed by atoms with Crippen molar-refractivity contribution in [1.29, 1.82) is 0 Å². The first-order valence-corrected chi connectivity index (χ1v) is 9.20. The molecule has 1 saturated heterocycles. The third-order valence-corrected chi connectivity index (χ3v) is 5.89. The maximum atomic E-state index is 13.0. The maximum absolute atomic E-state index is 13.0. The number of nitrogens with zero attached hydrogens (tertiary/aromatic N) is 1. The Bertz CT molecular complexity index is 558. The molecule has 21 heavy (non-hydrogen) atoms. The highest BCUT2D eigenvalue weighted by Gasteiger charge is 2.31. The molecule has 0 spiro atoms. The molecule has 1 aromatic carbocycles. The maximum Gasteiger partial charge on any atom is 0.243 e. The fourth-order valence-corrected chi connectivity index (χ4v) is 5.00. The lowest BCUT2D eigenvalue weighted by molar-refractivity contribution is 0.262. The number of rotatable bonds is 5. The van der Waals surface area contributed by atoms with Crippen molar-refractivity contribution < 1.29 is 8.42 Å². The Morgan fingerprint density at radius 1 is 1.14 bits per heavy atom. The quantitative estimate of drug-likeness (QED) is 0.909. The van der Waals surface area contributed by atoms with Crippen LogP contribution in [-0.4, -0.2) is 38.4 Å². The van der Waals surface area contributed by atoms with E-state index in [0.717, 1.165) is 43.5 Å². The molecule has 1 N–H and O–H groups in total. The van der Waals surface area contributed by atoms with Crippen LogP contribution in [0.3, 0.4) is 0 Å². The fraction of sp³-hybridized carbons (Fsp3) is 0.625. The van der Waals surface area contributed by atoms with Gasteiger partial charge in [0.1, 0.15) is 0 Å². The number of benzene rings is 1. The molecular formula is C16H26N2O2S. The zero-order valence-corrected chi connectivity index (χ0v) is 14.0. The van der Waals surface area contributed by atoms with Gasteiger partial charge in [0.25, 0.3) is 0 Å². The Hall–Kier alpha value is -0.910. The van der Waals surface area contributed by atoms with Crippen molar-refractivity contribution >= 4 is 10.0 Å². The van der Waals surface area contributed by atoms with Gasteiger partial charge in [-0.25, -0.2) is 8.42 Å². The van der Waals surface area contributed by atoms with E-state index >= 15 is 0 Å². The molecule has 0 aliphatic carbocycles. The van der Waals surface area contributed by atoms with E-state index in [2.05, 4.69) is 5.32 Å². The monoisotopic (exact) mass is 310 g/mol. The minimum Gasteiger partial charge on any atom is -0.317 e. The lowest BCUT2D eigenvalue weighted by Crippen LogP contribution is -2.46. The Morgan fingerprint density at radius 3 is 2.24 bits per heavy atom. The van der Waals surface area contributed by atoms with Crippen LogP contribution in [0.5, 0.6) is 0 Å². The number of piperidine rings is 1. The van der Waals surface area contributed by atoms with Crippen molar-refractivity contribution in [3.8, 4) is 0 Å². The van der Waals surface area contributed by atoms with Crippen LogP contribution in [0.15, 0.2) is 23.1 Å². The largest absolute Gasteiger partial charge is 0.317 e. The normalized spacial score (nSPS) is 17.3. The van der Waals surface area contributed by atoms with E-state index in [1.807, 2.05) is 26.8 Å². The Kier molecular flexibility index (Phi) is 5.41. The number of hydrogen-bond donors (Lipinski definition) is 1. The summed E-state index contributed by atoms with van der Waals surface area (Å²) in [5.74, 6) is 0. The zero-order valence-electron chi connectivity index (χ0n) is 13.2. The summed E-state index contributed by atoms with van der Waals surface area (Å²) in [7, 11) is -3.40. The van der Waals surface area contributed by atoms with Gasteiger partial charge in [-0.3, -0.25) is 0 Å². The smallest absolute Gasteiger partial charge is 0.243 e. The lowest BCUT2D eigenvalue weighted by Gasteiger charge is -2.33. The second kappa shape index (κ2) is 6.90. The summed E-state index contributed by atoms with van der Waals surface area (Å²) in [6, 6.07) is 5.70. The Balaban J connectivity index is 2.36. The summed E-state index contributed by atoms with van der Waals surface area (Å²) < 4.78 is 27.8. The van der Waals surface area contributed by atoms with Crippen LogP contribution in [0, 0.1) is 13.8 Å². The van der Waals surface area contributed by atoms with Crippen LogP contribution in [0.2, 0.25) is 0 Å². The minimum absolute atomic E-state index is 0.122. The van der Waals surface area contributed by atoms with E-state index in [9.17, 15) is 8.42 Å². The van der Waals surface area contributed by atoms with E-state index in [-0.39, 0.29) is 6.04 Å². The molecule has 0 aromatic heterocycles. The van der Waals surface area contributed by atoms with Crippen LogP contribution >= 0.6 is 0 Å².